The maximum atomic E-state index is 9.06. The van der Waals surface area contributed by atoms with Crippen molar-refractivity contribution in [2.45, 2.75) is 38.6 Å². The summed E-state index contributed by atoms with van der Waals surface area (Å²) in [7, 11) is 0. The van der Waals surface area contributed by atoms with E-state index in [1.54, 1.807) is 0 Å². The molecule has 0 atom stereocenters. The van der Waals surface area contributed by atoms with Crippen LogP contribution in [0.15, 0.2) is 126 Å². The van der Waals surface area contributed by atoms with Crippen molar-refractivity contribution < 1.29 is 28.4 Å². The largest absolute Gasteiger partial charge is 0.374 e. The van der Waals surface area contributed by atoms with Crippen molar-refractivity contribution in [3.8, 4) is 0 Å². The molecule has 0 aliphatic rings. The van der Waals surface area contributed by atoms with Gasteiger partial charge >= 0.3 is 0 Å². The highest BCUT2D eigenvalue weighted by Gasteiger charge is 2.19. The quantitative estimate of drug-likeness (QED) is 0.0446. The van der Waals surface area contributed by atoms with Gasteiger partial charge in [0.15, 0.2) is 0 Å². The van der Waals surface area contributed by atoms with Crippen molar-refractivity contribution >= 4 is 0 Å². The Balaban J connectivity index is 1.31. The Morgan fingerprint density at radius 2 is 0.745 bits per heavy atom. The highest BCUT2D eigenvalue weighted by Crippen LogP contribution is 2.11. The number of benzene rings is 4. The van der Waals surface area contributed by atoms with Crippen LogP contribution in [0.2, 0.25) is 0 Å². The lowest BCUT2D eigenvalue weighted by Crippen LogP contribution is -2.33. The van der Waals surface area contributed by atoms with Gasteiger partial charge in [-0.3, -0.25) is 0 Å². The van der Waals surface area contributed by atoms with Crippen molar-refractivity contribution in [3.05, 3.63) is 154 Å². The Kier molecular flexibility index (Phi) is 17.1. The second-order valence-electron chi connectivity index (χ2n) is 11.2. The van der Waals surface area contributed by atoms with Crippen LogP contribution in [0.5, 0.6) is 0 Å². The summed E-state index contributed by atoms with van der Waals surface area (Å²) in [4.78, 5) is 2.98. The predicted molar refractivity (Wildman–Crippen MR) is 181 cm³/mol. The summed E-state index contributed by atoms with van der Waals surface area (Å²) in [5.41, 5.74) is 13.4. The van der Waals surface area contributed by atoms with Gasteiger partial charge < -0.3 is 28.4 Å². The molecule has 0 bridgehead atoms. The van der Waals surface area contributed by atoms with Gasteiger partial charge in [-0.15, -0.1) is 0 Å². The summed E-state index contributed by atoms with van der Waals surface area (Å²) < 4.78 is 36.6. The summed E-state index contributed by atoms with van der Waals surface area (Å²) in [5, 5.41) is 3.83. The number of azide groups is 1. The van der Waals surface area contributed by atoms with Crippen molar-refractivity contribution in [3.63, 3.8) is 0 Å². The first-order valence-electron chi connectivity index (χ1n) is 16.0. The fourth-order valence-corrected chi connectivity index (χ4v) is 4.67. The zero-order valence-corrected chi connectivity index (χ0v) is 26.8. The van der Waals surface area contributed by atoms with E-state index in [1.807, 2.05) is 121 Å². The minimum absolute atomic E-state index is 0.192. The molecule has 0 unspecified atom stereocenters. The first-order chi connectivity index (χ1) is 23.3. The number of hydrogen-bond acceptors (Lipinski definition) is 7. The van der Waals surface area contributed by atoms with E-state index in [9.17, 15) is 0 Å². The zero-order valence-electron chi connectivity index (χ0n) is 26.8. The van der Waals surface area contributed by atoms with E-state index in [0.29, 0.717) is 66.1 Å². The van der Waals surface area contributed by atoms with Gasteiger partial charge in [0.05, 0.1) is 66.1 Å². The first-order valence-corrected chi connectivity index (χ1v) is 16.0. The molecule has 0 spiro atoms. The van der Waals surface area contributed by atoms with Crippen molar-refractivity contribution in [1.29, 1.82) is 0 Å². The molecular weight excluding hydrogens is 594 g/mol. The smallest absolute Gasteiger partial charge is 0.104 e. The van der Waals surface area contributed by atoms with E-state index in [0.717, 1.165) is 22.3 Å². The molecule has 0 saturated carbocycles. The van der Waals surface area contributed by atoms with Crippen LogP contribution in [-0.4, -0.2) is 58.4 Å². The van der Waals surface area contributed by atoms with Gasteiger partial charge in [0.2, 0.25) is 0 Å². The minimum Gasteiger partial charge on any atom is -0.374 e. The average Bonchev–Trinajstić information content (AvgIpc) is 3.12. The third-order valence-corrected chi connectivity index (χ3v) is 7.20. The van der Waals surface area contributed by atoms with Crippen molar-refractivity contribution in [1.82, 2.24) is 0 Å². The molecule has 0 heterocycles. The van der Waals surface area contributed by atoms with Gasteiger partial charge in [-0.25, -0.2) is 0 Å². The van der Waals surface area contributed by atoms with E-state index in [4.69, 9.17) is 34.0 Å². The van der Waals surface area contributed by atoms with Gasteiger partial charge in [-0.2, -0.15) is 0 Å². The Bertz CT molecular complexity index is 1200. The lowest BCUT2D eigenvalue weighted by atomic mass is 10.2. The van der Waals surface area contributed by atoms with Crippen LogP contribution in [0.3, 0.4) is 0 Å². The molecule has 248 valence electrons. The van der Waals surface area contributed by atoms with Gasteiger partial charge in [0.25, 0.3) is 0 Å². The molecule has 0 aromatic heterocycles. The topological polar surface area (TPSA) is 104 Å². The number of ether oxygens (including phenoxy) is 6. The fraction of sp³-hybridized carbons (Fsp3) is 0.368. The lowest BCUT2D eigenvalue weighted by molar-refractivity contribution is -0.0996. The summed E-state index contributed by atoms with van der Waals surface area (Å²) in [6, 6.07) is 40.0. The highest BCUT2D eigenvalue weighted by molar-refractivity contribution is 5.15. The maximum absolute atomic E-state index is 9.06. The highest BCUT2D eigenvalue weighted by atomic mass is 16.6. The van der Waals surface area contributed by atoms with Crippen LogP contribution in [0.4, 0.5) is 0 Å². The minimum atomic E-state index is -0.324. The Labute approximate surface area is 278 Å². The van der Waals surface area contributed by atoms with Crippen LogP contribution >= 0.6 is 0 Å². The van der Waals surface area contributed by atoms with Gasteiger partial charge in [0, 0.05) is 17.4 Å². The zero-order chi connectivity index (χ0) is 32.6. The molecule has 4 aromatic rings. The van der Waals surface area contributed by atoms with Gasteiger partial charge in [-0.1, -0.05) is 126 Å². The van der Waals surface area contributed by atoms with E-state index in [-0.39, 0.29) is 24.7 Å². The van der Waals surface area contributed by atoms with Crippen molar-refractivity contribution in [2.75, 3.05) is 46.2 Å². The molecule has 0 radical (unpaired) electrons. The molecule has 4 rings (SSSR count). The molecule has 0 amide bonds. The maximum Gasteiger partial charge on any atom is 0.104 e. The molecule has 0 saturated heterocycles. The van der Waals surface area contributed by atoms with Crippen LogP contribution in [0, 0.1) is 5.92 Å². The number of rotatable bonds is 24. The fourth-order valence-electron chi connectivity index (χ4n) is 4.67. The van der Waals surface area contributed by atoms with Crippen LogP contribution in [0.25, 0.3) is 10.4 Å². The Hall–Kier alpha value is -4.05. The Morgan fingerprint density at radius 3 is 1.02 bits per heavy atom. The molecule has 0 aliphatic carbocycles. The van der Waals surface area contributed by atoms with E-state index in [2.05, 4.69) is 10.0 Å². The SMILES string of the molecule is [N-]=[N+]=NCC(COC(COCc1ccccc1)COCc1ccccc1)COC(COCc1ccccc1)COCc1ccccc1. The molecule has 0 N–H and O–H groups in total. The van der Waals surface area contributed by atoms with E-state index < -0.39 is 0 Å². The molecule has 9 nitrogen and oxygen atoms in total. The first kappa shape index (κ1) is 35.8. The molecule has 9 heteroatoms. The molecule has 0 aliphatic heterocycles. The summed E-state index contributed by atoms with van der Waals surface area (Å²) in [6.07, 6.45) is -0.648. The summed E-state index contributed by atoms with van der Waals surface area (Å²) in [6.45, 7) is 4.11. The summed E-state index contributed by atoms with van der Waals surface area (Å²) >= 11 is 0. The molecule has 47 heavy (non-hydrogen) atoms. The summed E-state index contributed by atoms with van der Waals surface area (Å²) in [5.74, 6) is -0.192. The van der Waals surface area contributed by atoms with Crippen LogP contribution < -0.4 is 0 Å². The van der Waals surface area contributed by atoms with Gasteiger partial charge in [-0.05, 0) is 27.8 Å². The molecular formula is C38H45N3O6. The van der Waals surface area contributed by atoms with Crippen molar-refractivity contribution in [2.24, 2.45) is 11.0 Å². The third-order valence-electron chi connectivity index (χ3n) is 7.20. The average molecular weight is 640 g/mol. The predicted octanol–water partition coefficient (Wildman–Crippen LogP) is 7.55. The standard InChI is InChI=1S/C38H45N3O6/c39-41-40-21-36(26-46-37(28-42-22-32-13-5-1-6-14-32)29-43-23-33-15-7-2-8-16-33)27-47-38(30-44-24-34-17-9-3-10-18-34)31-45-25-35-19-11-4-12-20-35/h1-20,36-38H,21-31H2. The third kappa shape index (κ3) is 15.4. The molecule has 0 fully saturated rings. The Morgan fingerprint density at radius 1 is 0.447 bits per heavy atom. The second-order valence-corrected chi connectivity index (χ2v) is 11.2. The van der Waals surface area contributed by atoms with Crippen LogP contribution in [-0.2, 0) is 54.8 Å². The monoisotopic (exact) mass is 639 g/mol. The van der Waals surface area contributed by atoms with E-state index >= 15 is 0 Å². The second kappa shape index (κ2) is 22.5. The normalized spacial score (nSPS) is 11.3. The van der Waals surface area contributed by atoms with Crippen LogP contribution in [0.1, 0.15) is 22.3 Å². The number of hydrogen-bond donors (Lipinski definition) is 0. The number of nitrogens with zero attached hydrogens (tertiary/aromatic N) is 3. The van der Waals surface area contributed by atoms with E-state index in [1.165, 1.54) is 0 Å². The molecule has 4 aromatic carbocycles. The lowest BCUT2D eigenvalue weighted by Gasteiger charge is -2.24. The van der Waals surface area contributed by atoms with Gasteiger partial charge in [0.1, 0.15) is 12.2 Å².